The third-order valence-corrected chi connectivity index (χ3v) is 4.88. The molecule has 133 valence electrons. The van der Waals surface area contributed by atoms with Gasteiger partial charge in [-0.1, -0.05) is 30.3 Å². The Morgan fingerprint density at radius 2 is 1.63 bits per heavy atom. The van der Waals surface area contributed by atoms with Gasteiger partial charge in [-0.2, -0.15) is 0 Å². The number of benzene rings is 2. The van der Waals surface area contributed by atoms with Crippen LogP contribution in [0.1, 0.15) is 40.3 Å². The first-order valence-corrected chi connectivity index (χ1v) is 8.92. The minimum Gasteiger partial charge on any atom is -0.478 e. The van der Waals surface area contributed by atoms with E-state index < -0.39 is 11.5 Å². The molecule has 1 aromatic heterocycles. The summed E-state index contributed by atoms with van der Waals surface area (Å²) in [6.07, 6.45) is 0. The number of carboxylic acid groups (broad SMARTS) is 1. The van der Waals surface area contributed by atoms with Gasteiger partial charge in [-0.25, -0.2) is 9.78 Å². The molecule has 3 aromatic rings. The van der Waals surface area contributed by atoms with Crippen LogP contribution in [-0.4, -0.2) is 51.5 Å². The van der Waals surface area contributed by atoms with Gasteiger partial charge in [-0.3, -0.25) is 4.79 Å². The minimum absolute atomic E-state index is 0. The van der Waals surface area contributed by atoms with E-state index in [1.165, 1.54) is 11.3 Å². The average Bonchev–Trinajstić information content (AvgIpc) is 3.13. The predicted octanol–water partition coefficient (Wildman–Crippen LogP) is 3.79. The molecule has 0 spiro atoms. The second kappa shape index (κ2) is 8.80. The molecule has 1 amide bonds. The first-order valence-electron chi connectivity index (χ1n) is 8.04. The van der Waals surface area contributed by atoms with Crippen LogP contribution in [0.15, 0.2) is 60.0 Å². The molecule has 0 aliphatic heterocycles. The summed E-state index contributed by atoms with van der Waals surface area (Å²) in [7, 11) is 0. The number of aromatic nitrogens is 1. The van der Waals surface area contributed by atoms with Gasteiger partial charge in [0.1, 0.15) is 5.01 Å². The third kappa shape index (κ3) is 5.05. The molecule has 2 aromatic carbocycles. The van der Waals surface area contributed by atoms with Crippen LogP contribution >= 0.6 is 11.3 Å². The van der Waals surface area contributed by atoms with Crippen LogP contribution in [0.2, 0.25) is 0 Å². The van der Waals surface area contributed by atoms with Gasteiger partial charge in [-0.05, 0) is 38.1 Å². The number of hydrogen-bond acceptors (Lipinski definition) is 4. The summed E-state index contributed by atoms with van der Waals surface area (Å²) in [6, 6.07) is 15.6. The number of carboxylic acids is 1. The molecule has 0 fully saturated rings. The Labute approximate surface area is 183 Å². The van der Waals surface area contributed by atoms with E-state index in [1.54, 1.807) is 36.4 Å². The molecule has 5 nitrogen and oxygen atoms in total. The van der Waals surface area contributed by atoms with Crippen LogP contribution in [0.25, 0.3) is 10.6 Å². The molecule has 0 unspecified atom stereocenters. The molecule has 0 saturated heterocycles. The Morgan fingerprint density at radius 1 is 1.00 bits per heavy atom. The first-order chi connectivity index (χ1) is 12.4. The standard InChI is InChI=1S/C20H18N2O3S.Na/c1-20(2,22-17(23)13-6-4-3-5-7-13)16-12-26-18(21-16)14-8-10-15(11-9-14)19(24)25;/h3-12H,1-2H3,(H,22,23)(H,24,25);. The van der Waals surface area contributed by atoms with Crippen molar-refractivity contribution >= 4 is 52.8 Å². The van der Waals surface area contributed by atoms with Crippen molar-refractivity contribution in [1.82, 2.24) is 10.3 Å². The number of carbonyl (C=O) groups excluding carboxylic acids is 1. The maximum Gasteiger partial charge on any atom is 0.335 e. The molecule has 0 aliphatic carbocycles. The molecule has 0 aliphatic rings. The van der Waals surface area contributed by atoms with E-state index in [2.05, 4.69) is 10.3 Å². The fourth-order valence-corrected chi connectivity index (χ4v) is 3.45. The summed E-state index contributed by atoms with van der Waals surface area (Å²) in [5, 5.41) is 14.7. The van der Waals surface area contributed by atoms with E-state index in [0.29, 0.717) is 5.56 Å². The van der Waals surface area contributed by atoms with E-state index in [1.807, 2.05) is 37.4 Å². The third-order valence-electron chi connectivity index (χ3n) is 3.99. The van der Waals surface area contributed by atoms with Crippen LogP contribution in [0.5, 0.6) is 0 Å². The van der Waals surface area contributed by atoms with Crippen molar-refractivity contribution in [2.75, 3.05) is 0 Å². The first kappa shape index (κ1) is 21.3. The fraction of sp³-hybridized carbons (Fsp3) is 0.150. The predicted molar refractivity (Wildman–Crippen MR) is 107 cm³/mol. The maximum absolute atomic E-state index is 12.4. The molecular formula is C20H18N2NaO3S. The number of amides is 1. The number of rotatable bonds is 5. The Kier molecular flexibility index (Phi) is 6.95. The van der Waals surface area contributed by atoms with Crippen molar-refractivity contribution in [2.45, 2.75) is 19.4 Å². The van der Waals surface area contributed by atoms with Gasteiger partial charge in [0.25, 0.3) is 5.91 Å². The SMILES string of the molecule is CC(C)(NC(=O)c1ccccc1)c1csc(-c2ccc(C(=O)O)cc2)n1.[Na]. The maximum atomic E-state index is 12.4. The van der Waals surface area contributed by atoms with Gasteiger partial charge in [0.15, 0.2) is 0 Å². The van der Waals surface area contributed by atoms with Crippen molar-refractivity contribution in [3.63, 3.8) is 0 Å². The molecule has 1 radical (unpaired) electrons. The molecule has 3 rings (SSSR count). The average molecular weight is 389 g/mol. The van der Waals surface area contributed by atoms with Crippen LogP contribution in [0.4, 0.5) is 0 Å². The van der Waals surface area contributed by atoms with E-state index in [0.717, 1.165) is 16.3 Å². The quantitative estimate of drug-likeness (QED) is 0.651. The van der Waals surface area contributed by atoms with Gasteiger partial charge in [0, 0.05) is 46.1 Å². The number of nitrogens with one attached hydrogen (secondary N) is 1. The molecule has 0 saturated carbocycles. The molecular weight excluding hydrogens is 371 g/mol. The summed E-state index contributed by atoms with van der Waals surface area (Å²) in [4.78, 5) is 28.0. The zero-order chi connectivity index (χ0) is 18.7. The Balaban J connectivity index is 0.00000261. The summed E-state index contributed by atoms with van der Waals surface area (Å²) < 4.78 is 0. The fourth-order valence-electron chi connectivity index (χ4n) is 2.46. The summed E-state index contributed by atoms with van der Waals surface area (Å²) in [6.45, 7) is 3.81. The zero-order valence-electron chi connectivity index (χ0n) is 15.4. The largest absolute Gasteiger partial charge is 0.478 e. The summed E-state index contributed by atoms with van der Waals surface area (Å²) in [5.74, 6) is -1.11. The van der Waals surface area contributed by atoms with Gasteiger partial charge in [0.2, 0.25) is 0 Å². The van der Waals surface area contributed by atoms with E-state index in [-0.39, 0.29) is 41.0 Å². The normalized spacial score (nSPS) is 10.7. The zero-order valence-corrected chi connectivity index (χ0v) is 18.2. The molecule has 0 bridgehead atoms. The Bertz CT molecular complexity index is 937. The Hall–Kier alpha value is -1.99. The second-order valence-electron chi connectivity index (χ2n) is 6.37. The summed E-state index contributed by atoms with van der Waals surface area (Å²) >= 11 is 1.46. The van der Waals surface area contributed by atoms with E-state index in [4.69, 9.17) is 5.11 Å². The smallest absolute Gasteiger partial charge is 0.335 e. The van der Waals surface area contributed by atoms with Crippen LogP contribution in [0.3, 0.4) is 0 Å². The molecule has 1 heterocycles. The van der Waals surface area contributed by atoms with E-state index >= 15 is 0 Å². The van der Waals surface area contributed by atoms with Gasteiger partial charge < -0.3 is 10.4 Å². The van der Waals surface area contributed by atoms with Crippen LogP contribution in [0, 0.1) is 0 Å². The van der Waals surface area contributed by atoms with E-state index in [9.17, 15) is 9.59 Å². The number of carbonyl (C=O) groups is 2. The van der Waals surface area contributed by atoms with Crippen molar-refractivity contribution in [3.05, 3.63) is 76.8 Å². The van der Waals surface area contributed by atoms with Gasteiger partial charge >= 0.3 is 5.97 Å². The monoisotopic (exact) mass is 389 g/mol. The van der Waals surface area contributed by atoms with Crippen molar-refractivity contribution in [3.8, 4) is 10.6 Å². The van der Waals surface area contributed by atoms with Crippen LogP contribution in [-0.2, 0) is 5.54 Å². The molecule has 2 N–H and O–H groups in total. The Morgan fingerprint density at radius 3 is 2.22 bits per heavy atom. The molecule has 0 atom stereocenters. The van der Waals surface area contributed by atoms with Crippen molar-refractivity contribution < 1.29 is 14.7 Å². The topological polar surface area (TPSA) is 79.3 Å². The molecule has 7 heteroatoms. The van der Waals surface area contributed by atoms with Gasteiger partial charge in [0.05, 0.1) is 16.8 Å². The number of aromatic carboxylic acids is 1. The second-order valence-corrected chi connectivity index (χ2v) is 7.22. The summed E-state index contributed by atoms with van der Waals surface area (Å²) in [5.41, 5.74) is 1.80. The number of thiazole rings is 1. The van der Waals surface area contributed by atoms with Crippen molar-refractivity contribution in [1.29, 1.82) is 0 Å². The molecule has 27 heavy (non-hydrogen) atoms. The number of hydrogen-bond donors (Lipinski definition) is 2. The van der Waals surface area contributed by atoms with Crippen LogP contribution < -0.4 is 5.32 Å². The van der Waals surface area contributed by atoms with Gasteiger partial charge in [-0.15, -0.1) is 11.3 Å². The van der Waals surface area contributed by atoms with Crippen molar-refractivity contribution in [2.24, 2.45) is 0 Å². The minimum atomic E-state index is -0.957. The number of nitrogens with zero attached hydrogens (tertiary/aromatic N) is 1.